The van der Waals surface area contributed by atoms with Crippen LogP contribution in [0.3, 0.4) is 0 Å². The SMILES string of the molecule is Cc1noc(C)c1S(=O)(=O)NCC(=O)OCc1ccc(Cl)cc1. The van der Waals surface area contributed by atoms with Crippen LogP contribution in [-0.2, 0) is 26.2 Å². The van der Waals surface area contributed by atoms with Gasteiger partial charge in [-0.1, -0.05) is 28.9 Å². The number of ether oxygens (including phenoxy) is 1. The van der Waals surface area contributed by atoms with Crippen molar-refractivity contribution >= 4 is 27.6 Å². The molecule has 124 valence electrons. The Kier molecular flexibility index (Phi) is 5.40. The minimum Gasteiger partial charge on any atom is -0.460 e. The number of carbonyl (C=O) groups is 1. The zero-order valence-electron chi connectivity index (χ0n) is 12.5. The van der Waals surface area contributed by atoms with Gasteiger partial charge in [-0.25, -0.2) is 8.42 Å². The van der Waals surface area contributed by atoms with E-state index in [-0.39, 0.29) is 23.0 Å². The van der Waals surface area contributed by atoms with Crippen LogP contribution < -0.4 is 4.72 Å². The number of halogens is 1. The molecule has 0 fully saturated rings. The Labute approximate surface area is 138 Å². The lowest BCUT2D eigenvalue weighted by atomic mass is 10.2. The zero-order chi connectivity index (χ0) is 17.0. The molecule has 0 unspecified atom stereocenters. The third kappa shape index (κ3) is 4.54. The fourth-order valence-corrected chi connectivity index (χ4v) is 3.30. The summed E-state index contributed by atoms with van der Waals surface area (Å²) in [6.45, 7) is 2.53. The molecule has 0 bridgehead atoms. The average Bonchev–Trinajstić information content (AvgIpc) is 2.84. The van der Waals surface area contributed by atoms with E-state index in [1.54, 1.807) is 24.3 Å². The van der Waals surface area contributed by atoms with E-state index in [2.05, 4.69) is 9.88 Å². The van der Waals surface area contributed by atoms with Gasteiger partial charge in [-0.2, -0.15) is 4.72 Å². The van der Waals surface area contributed by atoms with Crippen LogP contribution in [0.1, 0.15) is 17.0 Å². The molecule has 0 radical (unpaired) electrons. The third-order valence-corrected chi connectivity index (χ3v) is 4.85. The van der Waals surface area contributed by atoms with Crippen molar-refractivity contribution in [1.82, 2.24) is 9.88 Å². The summed E-state index contributed by atoms with van der Waals surface area (Å²) in [5, 5.41) is 4.15. The van der Waals surface area contributed by atoms with Crippen LogP contribution in [0.4, 0.5) is 0 Å². The molecule has 1 N–H and O–H groups in total. The highest BCUT2D eigenvalue weighted by atomic mass is 35.5. The summed E-state index contributed by atoms with van der Waals surface area (Å²) in [6.07, 6.45) is 0. The van der Waals surface area contributed by atoms with E-state index < -0.39 is 22.5 Å². The van der Waals surface area contributed by atoms with Crippen molar-refractivity contribution in [3.05, 3.63) is 46.3 Å². The Morgan fingerprint density at radius 1 is 1.30 bits per heavy atom. The number of aryl methyl sites for hydroxylation is 2. The van der Waals surface area contributed by atoms with Crippen molar-refractivity contribution in [2.24, 2.45) is 0 Å². The monoisotopic (exact) mass is 358 g/mol. The number of nitrogens with one attached hydrogen (secondary N) is 1. The van der Waals surface area contributed by atoms with E-state index >= 15 is 0 Å². The molecule has 23 heavy (non-hydrogen) atoms. The molecule has 0 aliphatic carbocycles. The van der Waals surface area contributed by atoms with Crippen molar-refractivity contribution in [2.45, 2.75) is 25.3 Å². The number of hydrogen-bond donors (Lipinski definition) is 1. The molecule has 9 heteroatoms. The van der Waals surface area contributed by atoms with E-state index in [0.29, 0.717) is 5.02 Å². The highest BCUT2D eigenvalue weighted by Crippen LogP contribution is 2.18. The number of carbonyl (C=O) groups excluding carboxylic acids is 1. The highest BCUT2D eigenvalue weighted by Gasteiger charge is 2.24. The van der Waals surface area contributed by atoms with Crippen LogP contribution in [0.25, 0.3) is 0 Å². The van der Waals surface area contributed by atoms with Gasteiger partial charge in [0, 0.05) is 5.02 Å². The summed E-state index contributed by atoms with van der Waals surface area (Å²) in [7, 11) is -3.89. The highest BCUT2D eigenvalue weighted by molar-refractivity contribution is 7.89. The van der Waals surface area contributed by atoms with Gasteiger partial charge in [-0.05, 0) is 31.5 Å². The van der Waals surface area contributed by atoms with Gasteiger partial charge in [-0.15, -0.1) is 0 Å². The van der Waals surface area contributed by atoms with Gasteiger partial charge in [-0.3, -0.25) is 4.79 Å². The topological polar surface area (TPSA) is 98.5 Å². The third-order valence-electron chi connectivity index (χ3n) is 2.96. The lowest BCUT2D eigenvalue weighted by Gasteiger charge is -2.07. The van der Waals surface area contributed by atoms with Gasteiger partial charge < -0.3 is 9.26 Å². The lowest BCUT2D eigenvalue weighted by Crippen LogP contribution is -2.31. The van der Waals surface area contributed by atoms with Crippen molar-refractivity contribution in [2.75, 3.05) is 6.54 Å². The first-order valence-electron chi connectivity index (χ1n) is 6.62. The molecule has 2 aromatic rings. The average molecular weight is 359 g/mol. The van der Waals surface area contributed by atoms with Gasteiger partial charge in [0.05, 0.1) is 0 Å². The van der Waals surface area contributed by atoms with Crippen LogP contribution in [0.5, 0.6) is 0 Å². The maximum Gasteiger partial charge on any atom is 0.321 e. The van der Waals surface area contributed by atoms with E-state index in [9.17, 15) is 13.2 Å². The van der Waals surface area contributed by atoms with E-state index in [0.717, 1.165) is 5.56 Å². The fourth-order valence-electron chi connectivity index (χ4n) is 1.88. The molecule has 0 saturated heterocycles. The summed E-state index contributed by atoms with van der Waals surface area (Å²) in [5.74, 6) is -0.542. The molecule has 2 rings (SSSR count). The van der Waals surface area contributed by atoms with Gasteiger partial charge in [0.25, 0.3) is 0 Å². The largest absolute Gasteiger partial charge is 0.460 e. The van der Waals surface area contributed by atoms with Crippen LogP contribution in [0.15, 0.2) is 33.7 Å². The number of nitrogens with zero attached hydrogens (tertiary/aromatic N) is 1. The fraction of sp³-hybridized carbons (Fsp3) is 0.286. The summed E-state index contributed by atoms with van der Waals surface area (Å²) in [5.41, 5.74) is 0.973. The predicted molar refractivity (Wildman–Crippen MR) is 82.4 cm³/mol. The Morgan fingerprint density at radius 2 is 1.96 bits per heavy atom. The zero-order valence-corrected chi connectivity index (χ0v) is 14.1. The Hall–Kier alpha value is -1.90. The van der Waals surface area contributed by atoms with Gasteiger partial charge in [0.2, 0.25) is 10.0 Å². The molecule has 0 saturated carbocycles. The molecule has 0 spiro atoms. The van der Waals surface area contributed by atoms with E-state index in [1.165, 1.54) is 13.8 Å². The Bertz CT molecular complexity index is 780. The second kappa shape index (κ2) is 7.12. The maximum absolute atomic E-state index is 12.1. The first kappa shape index (κ1) is 17.5. The van der Waals surface area contributed by atoms with Crippen LogP contribution in [0.2, 0.25) is 5.02 Å². The molecule has 0 amide bonds. The quantitative estimate of drug-likeness (QED) is 0.792. The number of aromatic nitrogens is 1. The minimum atomic E-state index is -3.89. The maximum atomic E-state index is 12.1. The summed E-state index contributed by atoms with van der Waals surface area (Å²) in [6, 6.07) is 6.77. The van der Waals surface area contributed by atoms with Crippen LogP contribution in [0, 0.1) is 13.8 Å². The number of rotatable bonds is 6. The minimum absolute atomic E-state index is 0.0308. The number of esters is 1. The summed E-state index contributed by atoms with van der Waals surface area (Å²) >= 11 is 5.75. The van der Waals surface area contributed by atoms with Crippen LogP contribution >= 0.6 is 11.6 Å². The predicted octanol–water partition coefficient (Wildman–Crippen LogP) is 1.97. The lowest BCUT2D eigenvalue weighted by molar-refractivity contribution is -0.143. The van der Waals surface area contributed by atoms with Crippen molar-refractivity contribution in [3.63, 3.8) is 0 Å². The second-order valence-corrected chi connectivity index (χ2v) is 6.91. The van der Waals surface area contributed by atoms with Crippen LogP contribution in [-0.4, -0.2) is 26.1 Å². The van der Waals surface area contributed by atoms with Gasteiger partial charge >= 0.3 is 5.97 Å². The molecule has 0 aliphatic rings. The molecule has 1 heterocycles. The number of sulfonamides is 1. The van der Waals surface area contributed by atoms with Crippen molar-refractivity contribution < 1.29 is 22.5 Å². The molecular formula is C14H15ClN2O5S. The van der Waals surface area contributed by atoms with E-state index in [4.69, 9.17) is 20.9 Å². The molecule has 0 atom stereocenters. The van der Waals surface area contributed by atoms with Crippen molar-refractivity contribution in [1.29, 1.82) is 0 Å². The first-order valence-corrected chi connectivity index (χ1v) is 8.48. The number of benzene rings is 1. The molecule has 1 aromatic heterocycles. The standard InChI is InChI=1S/C14H15ClN2O5S/c1-9-14(10(2)22-17-9)23(19,20)16-7-13(18)21-8-11-3-5-12(15)6-4-11/h3-6,16H,7-8H2,1-2H3. The molecule has 7 nitrogen and oxygen atoms in total. The van der Waals surface area contributed by atoms with Gasteiger partial charge in [0.1, 0.15) is 23.7 Å². The van der Waals surface area contributed by atoms with Crippen molar-refractivity contribution in [3.8, 4) is 0 Å². The molecule has 0 aliphatic heterocycles. The molecular weight excluding hydrogens is 344 g/mol. The summed E-state index contributed by atoms with van der Waals surface area (Å²) in [4.78, 5) is 11.6. The summed E-state index contributed by atoms with van der Waals surface area (Å²) < 4.78 is 36.2. The van der Waals surface area contributed by atoms with Gasteiger partial charge in [0.15, 0.2) is 5.76 Å². The first-order chi connectivity index (χ1) is 10.8. The molecule has 1 aromatic carbocycles. The number of hydrogen-bond acceptors (Lipinski definition) is 6. The Balaban J connectivity index is 1.90. The smallest absolute Gasteiger partial charge is 0.321 e. The van der Waals surface area contributed by atoms with E-state index in [1.807, 2.05) is 0 Å². The normalized spacial score (nSPS) is 11.4. The second-order valence-electron chi connectivity index (χ2n) is 4.76. The Morgan fingerprint density at radius 3 is 2.52 bits per heavy atom.